The van der Waals surface area contributed by atoms with E-state index in [2.05, 4.69) is 39.4 Å². The highest BCUT2D eigenvalue weighted by Crippen LogP contribution is 2.35. The van der Waals surface area contributed by atoms with Crippen molar-refractivity contribution >= 4 is 15.9 Å². The van der Waals surface area contributed by atoms with E-state index in [0.717, 1.165) is 33.6 Å². The summed E-state index contributed by atoms with van der Waals surface area (Å²) in [5.41, 5.74) is 2.28. The largest absolute Gasteiger partial charge is 0.493 e. The predicted octanol–water partition coefficient (Wildman–Crippen LogP) is 5.46. The molecule has 134 valence electrons. The molecule has 0 radical (unpaired) electrons. The number of hydrogen-bond acceptors (Lipinski definition) is 3. The van der Waals surface area contributed by atoms with Crippen molar-refractivity contribution in [3.05, 3.63) is 58.1 Å². The summed E-state index contributed by atoms with van der Waals surface area (Å²) in [6, 6.07) is 14.9. The van der Waals surface area contributed by atoms with Crippen LogP contribution in [0.4, 0.5) is 0 Å². The minimum atomic E-state index is 0.537. The van der Waals surface area contributed by atoms with Crippen molar-refractivity contribution in [1.82, 2.24) is 5.32 Å². The molecule has 2 aromatic carbocycles. The number of benzene rings is 2. The summed E-state index contributed by atoms with van der Waals surface area (Å²) >= 11 is 3.59. The van der Waals surface area contributed by atoms with Gasteiger partial charge < -0.3 is 14.8 Å². The minimum Gasteiger partial charge on any atom is -0.493 e. The highest BCUT2D eigenvalue weighted by atomic mass is 79.9. The molecular weight excluding hydrogens is 378 g/mol. The van der Waals surface area contributed by atoms with Crippen LogP contribution in [0.25, 0.3) is 0 Å². The van der Waals surface area contributed by atoms with Gasteiger partial charge in [0.15, 0.2) is 11.5 Å². The van der Waals surface area contributed by atoms with E-state index in [1.54, 1.807) is 7.11 Å². The van der Waals surface area contributed by atoms with Crippen molar-refractivity contribution in [2.45, 2.75) is 51.3 Å². The molecule has 0 spiro atoms. The van der Waals surface area contributed by atoms with Gasteiger partial charge in [0.1, 0.15) is 6.61 Å². The van der Waals surface area contributed by atoms with Gasteiger partial charge >= 0.3 is 0 Å². The fraction of sp³-hybridized carbons (Fsp3) is 0.429. The maximum atomic E-state index is 6.15. The van der Waals surface area contributed by atoms with Crippen LogP contribution < -0.4 is 14.8 Å². The number of ether oxygens (including phenoxy) is 2. The van der Waals surface area contributed by atoms with Gasteiger partial charge in [-0.3, -0.25) is 0 Å². The van der Waals surface area contributed by atoms with Gasteiger partial charge in [0.25, 0.3) is 0 Å². The Kier molecular flexibility index (Phi) is 6.76. The van der Waals surface area contributed by atoms with E-state index in [-0.39, 0.29) is 0 Å². The molecule has 0 unspecified atom stereocenters. The molecule has 1 aliphatic carbocycles. The summed E-state index contributed by atoms with van der Waals surface area (Å²) in [6.45, 7) is 1.33. The summed E-state index contributed by atoms with van der Waals surface area (Å²) in [6.07, 6.45) is 6.57. The van der Waals surface area contributed by atoms with Gasteiger partial charge in [0.2, 0.25) is 0 Å². The van der Waals surface area contributed by atoms with Crippen LogP contribution in [0.2, 0.25) is 0 Å². The van der Waals surface area contributed by atoms with Crippen molar-refractivity contribution in [1.29, 1.82) is 0 Å². The lowest BCUT2D eigenvalue weighted by Crippen LogP contribution is -2.30. The van der Waals surface area contributed by atoms with Crippen LogP contribution in [-0.4, -0.2) is 13.2 Å². The summed E-state index contributed by atoms with van der Waals surface area (Å²) in [7, 11) is 1.69. The second-order valence-corrected chi connectivity index (χ2v) is 7.50. The van der Waals surface area contributed by atoms with Crippen LogP contribution in [0.3, 0.4) is 0 Å². The molecule has 0 aliphatic heterocycles. The highest BCUT2D eigenvalue weighted by molar-refractivity contribution is 9.10. The van der Waals surface area contributed by atoms with E-state index in [4.69, 9.17) is 9.47 Å². The van der Waals surface area contributed by atoms with Crippen molar-refractivity contribution < 1.29 is 9.47 Å². The second-order valence-electron chi connectivity index (χ2n) is 6.59. The standard InChI is InChI=1S/C21H26BrNO2/c1-24-20-13-18(22)12-17(14-23-19-10-6-3-7-11-19)21(20)25-15-16-8-4-2-5-9-16/h2,4-5,8-9,12-13,19,23H,3,6-7,10-11,14-15H2,1H3. The smallest absolute Gasteiger partial charge is 0.166 e. The van der Waals surface area contributed by atoms with E-state index in [0.29, 0.717) is 12.6 Å². The molecule has 25 heavy (non-hydrogen) atoms. The number of nitrogens with one attached hydrogen (secondary N) is 1. The molecule has 0 saturated heterocycles. The Hall–Kier alpha value is -1.52. The molecule has 3 rings (SSSR count). The van der Waals surface area contributed by atoms with E-state index in [1.807, 2.05) is 24.3 Å². The van der Waals surface area contributed by atoms with Crippen molar-refractivity contribution in [3.8, 4) is 11.5 Å². The Morgan fingerprint density at radius 3 is 2.56 bits per heavy atom. The Balaban J connectivity index is 1.73. The van der Waals surface area contributed by atoms with Gasteiger partial charge in [-0.25, -0.2) is 0 Å². The highest BCUT2D eigenvalue weighted by Gasteiger charge is 2.16. The molecule has 0 aromatic heterocycles. The van der Waals surface area contributed by atoms with E-state index >= 15 is 0 Å². The maximum absolute atomic E-state index is 6.15. The molecule has 4 heteroatoms. The van der Waals surface area contributed by atoms with E-state index in [1.165, 1.54) is 32.1 Å². The van der Waals surface area contributed by atoms with Crippen LogP contribution >= 0.6 is 15.9 Å². The first kappa shape index (κ1) is 18.3. The summed E-state index contributed by atoms with van der Waals surface area (Å²) in [5.74, 6) is 1.60. The van der Waals surface area contributed by atoms with Crippen molar-refractivity contribution in [2.75, 3.05) is 7.11 Å². The molecule has 1 fully saturated rings. The van der Waals surface area contributed by atoms with Crippen LogP contribution in [0.1, 0.15) is 43.2 Å². The van der Waals surface area contributed by atoms with E-state index < -0.39 is 0 Å². The van der Waals surface area contributed by atoms with Gasteiger partial charge in [0.05, 0.1) is 7.11 Å². The van der Waals surface area contributed by atoms with E-state index in [9.17, 15) is 0 Å². The molecule has 2 aromatic rings. The molecular formula is C21H26BrNO2. The van der Waals surface area contributed by atoms with Crippen molar-refractivity contribution in [3.63, 3.8) is 0 Å². The van der Waals surface area contributed by atoms with Gasteiger partial charge in [0, 0.05) is 22.6 Å². The Bertz CT molecular complexity index is 669. The zero-order valence-electron chi connectivity index (χ0n) is 14.8. The molecule has 0 amide bonds. The van der Waals surface area contributed by atoms with Crippen LogP contribution in [0.5, 0.6) is 11.5 Å². The Morgan fingerprint density at radius 2 is 1.84 bits per heavy atom. The van der Waals surface area contributed by atoms with Crippen molar-refractivity contribution in [2.24, 2.45) is 0 Å². The lowest BCUT2D eigenvalue weighted by molar-refractivity contribution is 0.279. The Morgan fingerprint density at radius 1 is 1.08 bits per heavy atom. The van der Waals surface area contributed by atoms with Crippen LogP contribution in [0, 0.1) is 0 Å². The number of hydrogen-bond donors (Lipinski definition) is 1. The van der Waals surface area contributed by atoms with Crippen LogP contribution in [-0.2, 0) is 13.2 Å². The molecule has 0 atom stereocenters. The lowest BCUT2D eigenvalue weighted by atomic mass is 9.95. The second kappa shape index (κ2) is 9.25. The topological polar surface area (TPSA) is 30.5 Å². The SMILES string of the molecule is COc1cc(Br)cc(CNC2CCCCC2)c1OCc1ccccc1. The maximum Gasteiger partial charge on any atom is 0.166 e. The first-order valence-corrected chi connectivity index (χ1v) is 9.82. The zero-order valence-corrected chi connectivity index (χ0v) is 16.3. The summed E-state index contributed by atoms with van der Waals surface area (Å²) in [4.78, 5) is 0. The van der Waals surface area contributed by atoms with Gasteiger partial charge in [-0.2, -0.15) is 0 Å². The van der Waals surface area contributed by atoms with Gasteiger partial charge in [-0.1, -0.05) is 65.5 Å². The molecule has 3 nitrogen and oxygen atoms in total. The van der Waals surface area contributed by atoms with Crippen LogP contribution in [0.15, 0.2) is 46.9 Å². The normalized spacial score (nSPS) is 15.1. The number of halogens is 1. The first-order chi connectivity index (χ1) is 12.3. The van der Waals surface area contributed by atoms with Gasteiger partial charge in [-0.05, 0) is 30.5 Å². The lowest BCUT2D eigenvalue weighted by Gasteiger charge is -2.24. The number of methoxy groups -OCH3 is 1. The number of rotatable bonds is 7. The quantitative estimate of drug-likeness (QED) is 0.665. The average Bonchev–Trinajstić information content (AvgIpc) is 2.66. The minimum absolute atomic E-state index is 0.537. The monoisotopic (exact) mass is 403 g/mol. The molecule has 1 saturated carbocycles. The fourth-order valence-corrected chi connectivity index (χ4v) is 3.84. The first-order valence-electron chi connectivity index (χ1n) is 9.03. The molecule has 0 bridgehead atoms. The third-order valence-electron chi connectivity index (χ3n) is 4.73. The third-order valence-corrected chi connectivity index (χ3v) is 5.19. The zero-order chi connectivity index (χ0) is 17.5. The molecule has 1 N–H and O–H groups in total. The molecule has 1 aliphatic rings. The molecule has 0 heterocycles. The predicted molar refractivity (Wildman–Crippen MR) is 105 cm³/mol. The summed E-state index contributed by atoms with van der Waals surface area (Å²) in [5, 5.41) is 3.70. The Labute approximate surface area is 158 Å². The summed E-state index contributed by atoms with van der Waals surface area (Å²) < 4.78 is 12.7. The van der Waals surface area contributed by atoms with Gasteiger partial charge in [-0.15, -0.1) is 0 Å². The fourth-order valence-electron chi connectivity index (χ4n) is 3.36. The average molecular weight is 404 g/mol. The third kappa shape index (κ3) is 5.23.